The van der Waals surface area contributed by atoms with Crippen LogP contribution in [0.1, 0.15) is 96.7 Å². The fourth-order valence-electron chi connectivity index (χ4n) is 14.0. The Morgan fingerprint density at radius 3 is 1.14 bits per heavy atom. The number of likely N-dealkylation sites (N-methyl/N-ethyl adjacent to an activating group) is 2. The molecule has 2 aromatic carbocycles. The number of anilines is 1. The minimum absolute atomic E-state index is 0.0365. The lowest BCUT2D eigenvalue weighted by molar-refractivity contribution is -0.198. The van der Waals surface area contributed by atoms with E-state index >= 15 is 0 Å². The Labute approximate surface area is 765 Å². The van der Waals surface area contributed by atoms with Crippen LogP contribution < -0.4 is 30.1 Å². The van der Waals surface area contributed by atoms with E-state index in [0.717, 1.165) is 40.4 Å². The van der Waals surface area contributed by atoms with Crippen LogP contribution in [0.15, 0.2) is 48.8 Å². The summed E-state index contributed by atoms with van der Waals surface area (Å²) in [5.74, 6) is -0.809. The molecule has 5 heterocycles. The van der Waals surface area contributed by atoms with Gasteiger partial charge in [0.1, 0.15) is 36.2 Å². The Morgan fingerprint density at radius 2 is 0.800 bits per heavy atom. The van der Waals surface area contributed by atoms with Crippen LogP contribution in [0.4, 0.5) is 5.69 Å². The number of nitrogens with zero attached hydrogens (tertiary/aromatic N) is 5. The second kappa shape index (κ2) is 66.8. The van der Waals surface area contributed by atoms with Gasteiger partial charge in [-0.2, -0.15) is 8.42 Å². The summed E-state index contributed by atoms with van der Waals surface area (Å²) in [5.41, 5.74) is 4.79. The van der Waals surface area contributed by atoms with Crippen molar-refractivity contribution in [2.45, 2.75) is 91.8 Å². The molecule has 0 unspecified atom stereocenters. The van der Waals surface area contributed by atoms with Gasteiger partial charge in [0, 0.05) is 91.4 Å². The number of allylic oxidation sites excluding steroid dienone is 1. The zero-order valence-electron chi connectivity index (χ0n) is 77.6. The first-order valence-electron chi connectivity index (χ1n) is 45.4. The van der Waals surface area contributed by atoms with Crippen LogP contribution in [0, 0.1) is 0 Å². The highest BCUT2D eigenvalue weighted by Gasteiger charge is 2.39. The van der Waals surface area contributed by atoms with Gasteiger partial charge in [0.15, 0.2) is 5.54 Å². The number of carbonyl (C=O) groups is 4. The number of benzene rings is 2. The molecule has 130 heavy (non-hydrogen) atoms. The van der Waals surface area contributed by atoms with Gasteiger partial charge in [0.25, 0.3) is 21.9 Å². The molecular weight excluding hydrogens is 1730 g/mol. The van der Waals surface area contributed by atoms with Gasteiger partial charge in [0.2, 0.25) is 11.3 Å². The number of nitrogens with one attached hydrogen (secondary N) is 1. The molecule has 40 heteroatoms. The van der Waals surface area contributed by atoms with E-state index in [1.807, 2.05) is 43.5 Å². The standard InChI is InChI=1S/C90H144N6O33S/c1-8-73-69-89(4,5)94(9-2)79-67-81-77(65-75(73)79)87(78-66-76-74(72-130(101,102)103)70-90(6,7)95(10-3)80(76)68-82(78)128-81)88-92-14-16-93(88)71-83(97)91-15-18-105-20-22-107-24-26-109-28-30-111-32-34-113-36-38-115-40-42-117-44-46-119-48-50-121-52-54-123-56-58-125-60-62-127-64-63-126-61-59-124-57-55-122-53-51-120-49-47-118-45-43-116-41-39-114-37-35-112-33-31-110-29-27-108-25-23-106-21-19-104-17-13-86(100)129-96-84(98)11-12-85(96)99/h14,16,65-70H,8-13,15,17-64,71-72H2,1-7H3,(H-,91,97,101,102,103)/p+1. The lowest BCUT2D eigenvalue weighted by Crippen LogP contribution is -2.49. The summed E-state index contributed by atoms with van der Waals surface area (Å²) < 4.78 is 179. The van der Waals surface area contributed by atoms with Crippen molar-refractivity contribution in [3.05, 3.63) is 81.9 Å². The van der Waals surface area contributed by atoms with E-state index in [1.165, 1.54) is 5.57 Å². The number of amides is 3. The smallest absolute Gasteiger partial charge is 0.335 e. The molecule has 1 saturated heterocycles. The predicted octanol–water partition coefficient (Wildman–Crippen LogP) is 3.73. The van der Waals surface area contributed by atoms with Gasteiger partial charge >= 0.3 is 5.97 Å². The quantitative estimate of drug-likeness (QED) is 0.0275. The Balaban J connectivity index is 0.533. The highest BCUT2D eigenvalue weighted by Crippen LogP contribution is 2.47. The van der Waals surface area contributed by atoms with Gasteiger partial charge in [-0.25, -0.2) is 14.4 Å². The molecule has 0 saturated carbocycles. The monoisotopic (exact) mass is 1870 g/mol. The first kappa shape index (κ1) is 110. The molecule has 7 rings (SSSR count). The number of imidazole rings is 1. The van der Waals surface area contributed by atoms with Gasteiger partial charge in [0.05, 0.1) is 335 Å². The van der Waals surface area contributed by atoms with Crippen molar-refractivity contribution in [2.24, 2.45) is 0 Å². The van der Waals surface area contributed by atoms with E-state index in [4.69, 9.17) is 128 Å². The number of imide groups is 1. The number of ether oxygens (including phenoxy) is 25. The zero-order chi connectivity index (χ0) is 92.8. The van der Waals surface area contributed by atoms with E-state index < -0.39 is 39.2 Å². The minimum atomic E-state index is -4.40. The van der Waals surface area contributed by atoms with E-state index in [-0.39, 0.29) is 63.6 Å². The number of carbonyl (C=O) groups excluding carboxylic acids is 4. The van der Waals surface area contributed by atoms with Crippen LogP contribution in [0.2, 0.25) is 0 Å². The Morgan fingerprint density at radius 1 is 0.446 bits per heavy atom. The number of aromatic nitrogens is 2. The number of rotatable bonds is 84. The normalized spacial score (nSPS) is 14.6. The summed E-state index contributed by atoms with van der Waals surface area (Å²) in [4.78, 5) is 60.2. The molecule has 0 spiro atoms. The average molecular weight is 1870 g/mol. The summed E-state index contributed by atoms with van der Waals surface area (Å²) in [7, 11) is -4.40. The third-order valence-electron chi connectivity index (χ3n) is 20.1. The number of hydroxylamine groups is 2. The van der Waals surface area contributed by atoms with E-state index in [1.54, 1.807) is 12.4 Å². The molecule has 738 valence electrons. The molecule has 2 N–H and O–H groups in total. The van der Waals surface area contributed by atoms with Crippen molar-refractivity contribution < 1.29 is 155 Å². The van der Waals surface area contributed by atoms with Crippen molar-refractivity contribution >= 4 is 56.2 Å². The highest BCUT2D eigenvalue weighted by atomic mass is 32.2. The maximum absolute atomic E-state index is 13.7. The van der Waals surface area contributed by atoms with Crippen LogP contribution >= 0.6 is 0 Å². The van der Waals surface area contributed by atoms with Crippen molar-refractivity contribution in [3.63, 3.8) is 0 Å². The summed E-state index contributed by atoms with van der Waals surface area (Å²) in [5, 5.41) is 5.34. The molecule has 3 aromatic rings. The summed E-state index contributed by atoms with van der Waals surface area (Å²) in [6.07, 6.45) is 8.49. The molecule has 4 aliphatic heterocycles. The Bertz CT molecular complexity index is 3970. The van der Waals surface area contributed by atoms with Crippen LogP contribution in [-0.4, -0.2) is 405 Å². The average Bonchev–Trinajstić information content (AvgIpc) is 1.12. The molecule has 0 radical (unpaired) electrons. The zero-order valence-corrected chi connectivity index (χ0v) is 78.4. The predicted molar refractivity (Wildman–Crippen MR) is 476 cm³/mol. The highest BCUT2D eigenvalue weighted by molar-refractivity contribution is 7.86. The summed E-state index contributed by atoms with van der Waals surface area (Å²) in [6.45, 7) is 36.8. The molecule has 4 aliphatic rings. The maximum atomic E-state index is 13.7. The summed E-state index contributed by atoms with van der Waals surface area (Å²) in [6, 6.07) is 8.18. The van der Waals surface area contributed by atoms with Crippen molar-refractivity contribution in [3.8, 4) is 11.5 Å². The molecule has 1 fully saturated rings. The SMILES string of the molecule is CCC1=CC(C)(C)[N+](CC)=c2cc3c(cc21)=C(c1nccn1CC(=O)NCCOCCOCCOCCOCCOCCOCCOCCOCCOCCOCCOCCOCCOCCOCCOCCOCCOCCOCCOCCOCCOCCOCCOCCOCCC(=O)ON1C(=O)CCC1=O)c1cc2c(cc1O3)N(CC)C(C)(C)C=C2CS(=O)(=O)O. The van der Waals surface area contributed by atoms with E-state index in [9.17, 15) is 32.1 Å². The van der Waals surface area contributed by atoms with Gasteiger partial charge in [-0.1, -0.05) is 13.0 Å². The second-order valence-electron chi connectivity index (χ2n) is 30.6. The van der Waals surface area contributed by atoms with Crippen LogP contribution in [0.5, 0.6) is 11.5 Å². The Hall–Kier alpha value is -6.57. The lowest BCUT2D eigenvalue weighted by Gasteiger charge is -2.43. The molecule has 0 bridgehead atoms. The molecule has 1 aromatic heterocycles. The summed E-state index contributed by atoms with van der Waals surface area (Å²) >= 11 is 0. The van der Waals surface area contributed by atoms with E-state index in [2.05, 4.69) is 60.7 Å². The fourth-order valence-corrected chi connectivity index (χ4v) is 14.6. The number of hydrogen-bond acceptors (Lipinski definition) is 34. The maximum Gasteiger partial charge on any atom is 0.335 e. The molecule has 0 atom stereocenters. The molecular formula is C90H145N6O33S+. The van der Waals surface area contributed by atoms with Crippen LogP contribution in [-0.2, 0) is 154 Å². The number of hydrogen-bond donors (Lipinski definition) is 2. The first-order valence-corrected chi connectivity index (χ1v) is 47.0. The van der Waals surface area contributed by atoms with Gasteiger partial charge in [-0.3, -0.25) is 18.9 Å². The molecule has 3 amide bonds. The lowest BCUT2D eigenvalue weighted by atomic mass is 9.85. The largest absolute Gasteiger partial charge is 0.456 e. The van der Waals surface area contributed by atoms with Crippen molar-refractivity contribution in [2.75, 3.05) is 347 Å². The third kappa shape index (κ3) is 44.3. The first-order chi connectivity index (χ1) is 63.3. The van der Waals surface area contributed by atoms with E-state index in [0.29, 0.717) is 343 Å². The molecule has 39 nitrogen and oxygen atoms in total. The van der Waals surface area contributed by atoms with Crippen LogP contribution in [0.25, 0.3) is 16.7 Å². The number of fused-ring (bicyclic) bond motifs is 4. The van der Waals surface area contributed by atoms with Crippen molar-refractivity contribution in [1.82, 2.24) is 24.5 Å². The topological polar surface area (TPSA) is 402 Å². The minimum Gasteiger partial charge on any atom is -0.456 e. The van der Waals surface area contributed by atoms with Gasteiger partial charge in [-0.15, -0.1) is 5.06 Å². The molecule has 0 aliphatic carbocycles. The van der Waals surface area contributed by atoms with Crippen molar-refractivity contribution in [1.29, 1.82) is 0 Å². The fraction of sp³-hybridized carbons (Fsp3) is 0.733. The Kier molecular flexibility index (Phi) is 56.7. The van der Waals surface area contributed by atoms with Gasteiger partial charge in [-0.05, 0) is 63.5 Å². The third-order valence-corrected chi connectivity index (χ3v) is 20.7. The second-order valence-corrected chi connectivity index (χ2v) is 32.1. The van der Waals surface area contributed by atoms with Crippen LogP contribution in [0.3, 0.4) is 0 Å². The van der Waals surface area contributed by atoms with Gasteiger partial charge < -0.3 is 138 Å².